The molecule has 3 atom stereocenters. The van der Waals surface area contributed by atoms with Gasteiger partial charge in [-0.3, -0.25) is 19.6 Å². The van der Waals surface area contributed by atoms with E-state index < -0.39 is 5.97 Å². The van der Waals surface area contributed by atoms with Crippen molar-refractivity contribution in [1.29, 1.82) is 10.5 Å². The average Bonchev–Trinajstić information content (AvgIpc) is 4.01. The Morgan fingerprint density at radius 3 is 2.58 bits per heavy atom. The number of carboxylic acid groups (broad SMARTS) is 1. The Morgan fingerprint density at radius 2 is 1.80 bits per heavy atom. The molecule has 0 spiro atoms. The molecule has 0 unspecified atom stereocenters. The molecule has 5 heterocycles. The Hall–Kier alpha value is -6.18. The van der Waals surface area contributed by atoms with Crippen LogP contribution in [-0.2, 0) is 17.8 Å². The Kier molecular flexibility index (Phi) is 8.74. The number of oxazole rings is 1. The molecule has 3 N–H and O–H groups in total. The van der Waals surface area contributed by atoms with Gasteiger partial charge in [0.2, 0.25) is 5.89 Å². The van der Waals surface area contributed by atoms with Crippen molar-refractivity contribution in [3.63, 3.8) is 0 Å². The second-order valence-electron chi connectivity index (χ2n) is 14.9. The number of nitrogens with zero attached hydrogens (tertiary/aromatic N) is 7. The van der Waals surface area contributed by atoms with Crippen LogP contribution in [0.4, 0.5) is 11.5 Å². The van der Waals surface area contributed by atoms with E-state index in [0.29, 0.717) is 71.6 Å². The van der Waals surface area contributed by atoms with Gasteiger partial charge < -0.3 is 19.9 Å². The molecule has 9 rings (SSSR count). The maximum Gasteiger partial charge on any atom is 0.307 e. The van der Waals surface area contributed by atoms with E-state index in [4.69, 9.17) is 14.4 Å². The van der Waals surface area contributed by atoms with Gasteiger partial charge in [-0.2, -0.15) is 10.5 Å². The first-order valence-electron chi connectivity index (χ1n) is 18.7. The number of carbonyl (C=O) groups is 1. The molecular weight excluding hydrogens is 693 g/mol. The van der Waals surface area contributed by atoms with Crippen molar-refractivity contribution in [2.75, 3.05) is 31.5 Å². The number of hydrogen-bond donors (Lipinski definition) is 3. The van der Waals surface area contributed by atoms with Crippen LogP contribution in [0.3, 0.4) is 0 Å². The molecule has 12 nitrogen and oxygen atoms in total. The van der Waals surface area contributed by atoms with E-state index in [1.54, 1.807) is 6.20 Å². The summed E-state index contributed by atoms with van der Waals surface area (Å²) in [6, 6.07) is 22.3. The molecule has 2 fully saturated rings. The third kappa shape index (κ3) is 6.15. The Balaban J connectivity index is 1.03. The number of fused-ring (bicyclic) bond motifs is 3. The summed E-state index contributed by atoms with van der Waals surface area (Å²) >= 11 is 0. The average molecular weight is 731 g/mol. The minimum Gasteiger partial charge on any atom is -0.481 e. The summed E-state index contributed by atoms with van der Waals surface area (Å²) in [6.45, 7) is 5.45. The summed E-state index contributed by atoms with van der Waals surface area (Å²) in [7, 11) is 0. The minimum atomic E-state index is -0.770. The fourth-order valence-electron chi connectivity index (χ4n) is 8.78. The van der Waals surface area contributed by atoms with Crippen LogP contribution in [0, 0.1) is 35.5 Å². The topological polar surface area (TPSA) is 175 Å². The summed E-state index contributed by atoms with van der Waals surface area (Å²) in [5, 5.41) is 44.9. The normalized spacial score (nSPS) is 19.8. The number of pyridine rings is 2. The molecule has 0 amide bonds. The number of β-amino-alcohol motifs (C(OH)–C–C–N with tert-alkyl or cyclic N) is 1. The molecule has 2 aliphatic heterocycles. The number of aromatic nitrogens is 3. The largest absolute Gasteiger partial charge is 0.481 e. The SMILES string of the molecule is Cc1c(Nc2nccc3cc(CN4CC[C@@H](O)C4)cnc23)cccc1-c1cccc(-c2nc3cc4c(c(C#N)c3o2)CC[C@H]4N2CC[C@@H](C(=O)O)C2)c1C#N. The highest BCUT2D eigenvalue weighted by molar-refractivity contribution is 5.92. The summed E-state index contributed by atoms with van der Waals surface area (Å²) in [4.78, 5) is 30.4. The highest BCUT2D eigenvalue weighted by Crippen LogP contribution is 2.44. The van der Waals surface area contributed by atoms with Crippen LogP contribution in [0.15, 0.2) is 71.4 Å². The number of benzene rings is 3. The smallest absolute Gasteiger partial charge is 0.307 e. The van der Waals surface area contributed by atoms with E-state index >= 15 is 0 Å². The second-order valence-corrected chi connectivity index (χ2v) is 14.9. The minimum absolute atomic E-state index is 0.0193. The number of aliphatic carboxylic acids is 1. The maximum absolute atomic E-state index is 11.7. The van der Waals surface area contributed by atoms with Crippen molar-refractivity contribution in [3.05, 3.63) is 100 Å². The van der Waals surface area contributed by atoms with Crippen molar-refractivity contribution in [2.45, 2.75) is 51.3 Å². The summed E-state index contributed by atoms with van der Waals surface area (Å²) < 4.78 is 6.35. The lowest BCUT2D eigenvalue weighted by molar-refractivity contribution is -0.141. The molecule has 55 heavy (non-hydrogen) atoms. The zero-order valence-electron chi connectivity index (χ0n) is 30.3. The first-order chi connectivity index (χ1) is 26.8. The Bertz CT molecular complexity index is 2600. The fourth-order valence-corrected chi connectivity index (χ4v) is 8.78. The highest BCUT2D eigenvalue weighted by Gasteiger charge is 2.37. The number of anilines is 2. The van der Waals surface area contributed by atoms with Gasteiger partial charge >= 0.3 is 5.97 Å². The van der Waals surface area contributed by atoms with E-state index in [0.717, 1.165) is 70.3 Å². The molecule has 3 aromatic carbocycles. The summed E-state index contributed by atoms with van der Waals surface area (Å²) in [6.07, 6.45) is 6.27. The molecule has 2 saturated heterocycles. The van der Waals surface area contributed by atoms with Crippen molar-refractivity contribution in [2.24, 2.45) is 5.92 Å². The second kappa shape index (κ2) is 13.9. The number of likely N-dealkylation sites (tertiary alicyclic amines) is 2. The molecule has 0 radical (unpaired) electrons. The lowest BCUT2D eigenvalue weighted by Crippen LogP contribution is -2.26. The van der Waals surface area contributed by atoms with Crippen LogP contribution in [0.2, 0.25) is 0 Å². The zero-order valence-corrected chi connectivity index (χ0v) is 30.3. The van der Waals surface area contributed by atoms with Gasteiger partial charge in [-0.1, -0.05) is 24.3 Å². The van der Waals surface area contributed by atoms with Crippen molar-refractivity contribution in [3.8, 4) is 34.7 Å². The van der Waals surface area contributed by atoms with E-state index in [2.05, 4.69) is 38.3 Å². The predicted molar refractivity (Wildman–Crippen MR) is 206 cm³/mol. The first-order valence-corrected chi connectivity index (χ1v) is 18.7. The molecule has 3 aliphatic rings. The third-order valence-electron chi connectivity index (χ3n) is 11.6. The summed E-state index contributed by atoms with van der Waals surface area (Å²) in [5.74, 6) is -0.277. The molecule has 12 heteroatoms. The molecule has 3 aromatic heterocycles. The fraction of sp³-hybridized carbons (Fsp3) is 0.302. The quantitative estimate of drug-likeness (QED) is 0.149. The van der Waals surface area contributed by atoms with Gasteiger partial charge in [-0.15, -0.1) is 0 Å². The van der Waals surface area contributed by atoms with Crippen LogP contribution in [-0.4, -0.2) is 73.2 Å². The lowest BCUT2D eigenvalue weighted by atomic mass is 9.92. The molecule has 1 aliphatic carbocycles. The third-order valence-corrected chi connectivity index (χ3v) is 11.6. The lowest BCUT2D eigenvalue weighted by Gasteiger charge is -2.24. The number of aliphatic hydroxyl groups excluding tert-OH is 1. The molecule has 6 aromatic rings. The van der Waals surface area contributed by atoms with Gasteiger partial charge in [-0.05, 0) is 97.3 Å². The Labute approximate surface area is 317 Å². The zero-order chi connectivity index (χ0) is 37.8. The number of nitrogens with one attached hydrogen (secondary N) is 1. The number of aliphatic hydroxyl groups is 1. The van der Waals surface area contributed by atoms with E-state index in [9.17, 15) is 25.5 Å². The van der Waals surface area contributed by atoms with Gasteiger partial charge in [0.1, 0.15) is 28.7 Å². The van der Waals surface area contributed by atoms with Crippen molar-refractivity contribution in [1.82, 2.24) is 24.8 Å². The van der Waals surface area contributed by atoms with Crippen molar-refractivity contribution >= 4 is 39.5 Å². The molecule has 274 valence electrons. The van der Waals surface area contributed by atoms with Gasteiger partial charge in [0.05, 0.1) is 23.1 Å². The van der Waals surface area contributed by atoms with Gasteiger partial charge in [-0.25, -0.2) is 9.97 Å². The van der Waals surface area contributed by atoms with Gasteiger partial charge in [0.15, 0.2) is 11.4 Å². The van der Waals surface area contributed by atoms with Crippen LogP contribution in [0.1, 0.15) is 58.7 Å². The van der Waals surface area contributed by atoms with Gasteiger partial charge in [0, 0.05) is 61.3 Å². The predicted octanol–water partition coefficient (Wildman–Crippen LogP) is 6.86. The first kappa shape index (κ1) is 34.6. The maximum atomic E-state index is 11.7. The van der Waals surface area contributed by atoms with Crippen LogP contribution >= 0.6 is 0 Å². The number of rotatable bonds is 8. The monoisotopic (exact) mass is 730 g/mol. The molecule has 0 saturated carbocycles. The standard InChI is InChI=1S/C43H38N8O4/c1-24-29(4-3-7-36(24)48-41-39-26(10-13-46-41)16-25(20-47-39)21-50-14-12-28(52)23-50)30-5-2-6-32(34(30)18-44)42-49-37-17-33-31(35(19-45)40(37)55-42)8-9-38(33)51-15-11-27(22-51)43(53)54/h2-7,10,13,16-17,20,27-28,38,52H,8-9,11-12,14-15,21-23H2,1H3,(H,46,48)(H,53,54)/t27-,28-,38-/m1/s1. The van der Waals surface area contributed by atoms with Crippen molar-refractivity contribution < 1.29 is 19.4 Å². The van der Waals surface area contributed by atoms with E-state index in [1.807, 2.05) is 61.7 Å². The van der Waals surface area contributed by atoms with Gasteiger partial charge in [0.25, 0.3) is 0 Å². The van der Waals surface area contributed by atoms with E-state index in [-0.39, 0.29) is 24.0 Å². The van der Waals surface area contributed by atoms with Crippen LogP contribution in [0.5, 0.6) is 0 Å². The highest BCUT2D eigenvalue weighted by atomic mass is 16.4. The number of nitriles is 2. The van der Waals surface area contributed by atoms with Crippen LogP contribution < -0.4 is 5.32 Å². The van der Waals surface area contributed by atoms with E-state index in [1.165, 1.54) is 0 Å². The number of hydrogen-bond acceptors (Lipinski definition) is 11. The number of carboxylic acids is 1. The summed E-state index contributed by atoms with van der Waals surface area (Å²) in [5.41, 5.74) is 9.38. The molecular formula is C43H38N8O4. The van der Waals surface area contributed by atoms with Crippen LogP contribution in [0.25, 0.3) is 44.6 Å². The Morgan fingerprint density at radius 1 is 0.982 bits per heavy atom. The molecule has 0 bridgehead atoms.